The van der Waals surface area contributed by atoms with Gasteiger partial charge in [0.15, 0.2) is 0 Å². The summed E-state index contributed by atoms with van der Waals surface area (Å²) in [6.45, 7) is 2.41. The van der Waals surface area contributed by atoms with E-state index in [1.807, 2.05) is 0 Å². The third-order valence-electron chi connectivity index (χ3n) is 1.68. The molecule has 0 N–H and O–H groups in total. The van der Waals surface area contributed by atoms with Crippen molar-refractivity contribution in [3.05, 3.63) is 23.8 Å². The highest BCUT2D eigenvalue weighted by Gasteiger charge is 2.14. The number of hydrogen-bond donors (Lipinski definition) is 0. The Morgan fingerprint density at radius 1 is 1.06 bits per heavy atom. The highest BCUT2D eigenvalue weighted by Crippen LogP contribution is 2.26. The standard InChI is InChI=1S/C11H9ClO5/c1-6(13)16-8-3-4-9(11(12)15)10(5-8)17-7(2)14/h3-5H,1-2H3. The van der Waals surface area contributed by atoms with Crippen LogP contribution in [0.25, 0.3) is 0 Å². The minimum atomic E-state index is -0.768. The van der Waals surface area contributed by atoms with Crippen LogP contribution in [0.15, 0.2) is 18.2 Å². The van der Waals surface area contributed by atoms with Gasteiger partial charge in [-0.3, -0.25) is 14.4 Å². The number of rotatable bonds is 3. The fourth-order valence-corrected chi connectivity index (χ4v) is 1.29. The zero-order valence-corrected chi connectivity index (χ0v) is 9.91. The Bertz CT molecular complexity index is 481. The molecule has 0 saturated carbocycles. The maximum Gasteiger partial charge on any atom is 0.308 e. The van der Waals surface area contributed by atoms with Gasteiger partial charge in [-0.15, -0.1) is 0 Å². The Kier molecular flexibility index (Phi) is 4.23. The molecule has 0 fully saturated rings. The molecular formula is C11H9ClO5. The van der Waals surface area contributed by atoms with E-state index in [1.165, 1.54) is 32.0 Å². The predicted octanol–water partition coefficient (Wildman–Crippen LogP) is 1.92. The van der Waals surface area contributed by atoms with Crippen LogP contribution in [0.1, 0.15) is 24.2 Å². The quantitative estimate of drug-likeness (QED) is 0.469. The summed E-state index contributed by atoms with van der Waals surface area (Å²) in [6.07, 6.45) is 0. The van der Waals surface area contributed by atoms with Gasteiger partial charge in [0.25, 0.3) is 5.24 Å². The molecule has 0 atom stereocenters. The van der Waals surface area contributed by atoms with Crippen LogP contribution in [0.3, 0.4) is 0 Å². The highest BCUT2D eigenvalue weighted by atomic mass is 35.5. The van der Waals surface area contributed by atoms with Gasteiger partial charge in [-0.2, -0.15) is 0 Å². The Morgan fingerprint density at radius 3 is 2.12 bits per heavy atom. The molecule has 6 heteroatoms. The number of carbonyl (C=O) groups is 3. The molecule has 0 aliphatic rings. The van der Waals surface area contributed by atoms with Gasteiger partial charge in [-0.25, -0.2) is 0 Å². The smallest absolute Gasteiger partial charge is 0.308 e. The number of benzene rings is 1. The van der Waals surface area contributed by atoms with E-state index in [0.717, 1.165) is 0 Å². The third kappa shape index (κ3) is 3.88. The summed E-state index contributed by atoms with van der Waals surface area (Å²) in [6, 6.07) is 3.94. The second-order valence-electron chi connectivity index (χ2n) is 3.12. The summed E-state index contributed by atoms with van der Waals surface area (Å²) in [7, 11) is 0. The lowest BCUT2D eigenvalue weighted by atomic mass is 10.2. The van der Waals surface area contributed by atoms with Crippen molar-refractivity contribution in [1.29, 1.82) is 0 Å². The molecule has 0 aliphatic carbocycles. The van der Waals surface area contributed by atoms with Gasteiger partial charge in [0.1, 0.15) is 11.5 Å². The van der Waals surface area contributed by atoms with Gasteiger partial charge >= 0.3 is 11.9 Å². The van der Waals surface area contributed by atoms with Crippen molar-refractivity contribution in [2.45, 2.75) is 13.8 Å². The molecule has 0 aliphatic heterocycles. The number of hydrogen-bond acceptors (Lipinski definition) is 5. The molecule has 1 aromatic rings. The average Bonchev–Trinajstić information content (AvgIpc) is 2.15. The van der Waals surface area contributed by atoms with Crippen LogP contribution in [-0.2, 0) is 9.59 Å². The number of carbonyl (C=O) groups excluding carboxylic acids is 3. The predicted molar refractivity (Wildman–Crippen MR) is 59.2 cm³/mol. The molecule has 1 aromatic carbocycles. The van der Waals surface area contributed by atoms with Crippen LogP contribution in [0.4, 0.5) is 0 Å². The van der Waals surface area contributed by atoms with Crippen LogP contribution in [0, 0.1) is 0 Å². The fraction of sp³-hybridized carbons (Fsp3) is 0.182. The van der Waals surface area contributed by atoms with Gasteiger partial charge < -0.3 is 9.47 Å². The monoisotopic (exact) mass is 256 g/mol. The number of ether oxygens (including phenoxy) is 2. The van der Waals surface area contributed by atoms with Crippen molar-refractivity contribution < 1.29 is 23.9 Å². The lowest BCUT2D eigenvalue weighted by molar-refractivity contribution is -0.132. The summed E-state index contributed by atoms with van der Waals surface area (Å²) >= 11 is 5.31. The normalized spacial score (nSPS) is 9.59. The molecule has 5 nitrogen and oxygen atoms in total. The van der Waals surface area contributed by atoms with Gasteiger partial charge in [-0.05, 0) is 23.7 Å². The number of halogens is 1. The minimum absolute atomic E-state index is 0.0257. The van der Waals surface area contributed by atoms with Gasteiger partial charge in [0, 0.05) is 19.9 Å². The Hall–Kier alpha value is -1.88. The minimum Gasteiger partial charge on any atom is -0.427 e. The van der Waals surface area contributed by atoms with Crippen LogP contribution in [0.2, 0.25) is 0 Å². The van der Waals surface area contributed by atoms with E-state index in [-0.39, 0.29) is 17.1 Å². The van der Waals surface area contributed by atoms with Crippen molar-refractivity contribution in [3.63, 3.8) is 0 Å². The SMILES string of the molecule is CC(=O)Oc1ccc(C(=O)Cl)c(OC(C)=O)c1. The molecule has 0 amide bonds. The van der Waals surface area contributed by atoms with Crippen molar-refractivity contribution in [3.8, 4) is 11.5 Å². The first kappa shape index (κ1) is 13.2. The molecule has 90 valence electrons. The van der Waals surface area contributed by atoms with Gasteiger partial charge in [0.05, 0.1) is 5.56 Å². The zero-order valence-electron chi connectivity index (χ0n) is 9.15. The molecule has 0 bridgehead atoms. The van der Waals surface area contributed by atoms with E-state index in [9.17, 15) is 14.4 Å². The summed E-state index contributed by atoms with van der Waals surface area (Å²) in [4.78, 5) is 32.6. The van der Waals surface area contributed by atoms with E-state index in [2.05, 4.69) is 0 Å². The lowest BCUT2D eigenvalue weighted by Crippen LogP contribution is -2.07. The first-order chi connectivity index (χ1) is 7.90. The molecule has 0 aromatic heterocycles. The molecular weight excluding hydrogens is 248 g/mol. The van der Waals surface area contributed by atoms with Crippen molar-refractivity contribution in [1.82, 2.24) is 0 Å². The van der Waals surface area contributed by atoms with Crippen LogP contribution < -0.4 is 9.47 Å². The first-order valence-corrected chi connectivity index (χ1v) is 4.98. The summed E-state index contributed by atoms with van der Waals surface area (Å²) < 4.78 is 9.58. The van der Waals surface area contributed by atoms with E-state index >= 15 is 0 Å². The molecule has 0 saturated heterocycles. The van der Waals surface area contributed by atoms with E-state index in [0.29, 0.717) is 0 Å². The first-order valence-electron chi connectivity index (χ1n) is 4.61. The maximum atomic E-state index is 11.0. The molecule has 0 unspecified atom stereocenters. The topological polar surface area (TPSA) is 69.7 Å². The van der Waals surface area contributed by atoms with E-state index in [1.54, 1.807) is 0 Å². The van der Waals surface area contributed by atoms with Crippen LogP contribution in [-0.4, -0.2) is 17.2 Å². The second-order valence-corrected chi connectivity index (χ2v) is 3.46. The van der Waals surface area contributed by atoms with Crippen LogP contribution in [0.5, 0.6) is 11.5 Å². The Labute approximate surface area is 102 Å². The van der Waals surface area contributed by atoms with Crippen molar-refractivity contribution in [2.24, 2.45) is 0 Å². The summed E-state index contributed by atoms with van der Waals surface area (Å²) in [5, 5.41) is -0.768. The van der Waals surface area contributed by atoms with Crippen molar-refractivity contribution >= 4 is 28.8 Å². The zero-order chi connectivity index (χ0) is 13.0. The Morgan fingerprint density at radius 2 is 1.65 bits per heavy atom. The average molecular weight is 257 g/mol. The molecule has 17 heavy (non-hydrogen) atoms. The summed E-state index contributed by atoms with van der Waals surface area (Å²) in [5.74, 6) is -1.01. The van der Waals surface area contributed by atoms with Gasteiger partial charge in [-0.1, -0.05) is 0 Å². The van der Waals surface area contributed by atoms with Crippen LogP contribution >= 0.6 is 11.6 Å². The molecule has 0 spiro atoms. The van der Waals surface area contributed by atoms with Crippen molar-refractivity contribution in [2.75, 3.05) is 0 Å². The third-order valence-corrected chi connectivity index (χ3v) is 1.88. The second kappa shape index (κ2) is 5.45. The number of esters is 2. The van der Waals surface area contributed by atoms with E-state index < -0.39 is 17.2 Å². The lowest BCUT2D eigenvalue weighted by Gasteiger charge is -2.08. The molecule has 1 rings (SSSR count). The Balaban J connectivity index is 3.13. The molecule has 0 heterocycles. The van der Waals surface area contributed by atoms with E-state index in [4.69, 9.17) is 21.1 Å². The maximum absolute atomic E-state index is 11.0. The highest BCUT2D eigenvalue weighted by molar-refractivity contribution is 6.68. The van der Waals surface area contributed by atoms with Gasteiger partial charge in [0.2, 0.25) is 0 Å². The fourth-order valence-electron chi connectivity index (χ4n) is 1.13. The summed E-state index contributed by atoms with van der Waals surface area (Å²) in [5.41, 5.74) is 0.0257. The largest absolute Gasteiger partial charge is 0.427 e. The molecule has 0 radical (unpaired) electrons.